The van der Waals surface area contributed by atoms with Gasteiger partial charge in [0.15, 0.2) is 0 Å². The monoisotopic (exact) mass is 234 g/mol. The molecule has 0 aliphatic carbocycles. The number of rotatable bonds is 5. The lowest BCUT2D eigenvalue weighted by Crippen LogP contribution is -2.29. The molecule has 1 aromatic carbocycles. The van der Waals surface area contributed by atoms with Gasteiger partial charge in [-0.3, -0.25) is 4.79 Å². The van der Waals surface area contributed by atoms with Crippen LogP contribution in [0.25, 0.3) is 0 Å². The SMILES string of the molecule is NCCCCC(=O)NC1COc2ccccc21. The van der Waals surface area contributed by atoms with Crippen molar-refractivity contribution in [3.8, 4) is 5.75 Å². The van der Waals surface area contributed by atoms with E-state index >= 15 is 0 Å². The Morgan fingerprint density at radius 1 is 1.41 bits per heavy atom. The second-order valence-corrected chi connectivity index (χ2v) is 4.21. The number of amides is 1. The summed E-state index contributed by atoms with van der Waals surface area (Å²) in [6.07, 6.45) is 2.28. The van der Waals surface area contributed by atoms with E-state index in [4.69, 9.17) is 10.5 Å². The van der Waals surface area contributed by atoms with E-state index in [9.17, 15) is 4.79 Å². The van der Waals surface area contributed by atoms with Crippen LogP contribution >= 0.6 is 0 Å². The largest absolute Gasteiger partial charge is 0.491 e. The number of hydrogen-bond donors (Lipinski definition) is 2. The van der Waals surface area contributed by atoms with E-state index in [-0.39, 0.29) is 11.9 Å². The summed E-state index contributed by atoms with van der Waals surface area (Å²) in [5.74, 6) is 0.948. The van der Waals surface area contributed by atoms with Gasteiger partial charge in [0.2, 0.25) is 5.91 Å². The molecule has 0 fully saturated rings. The molecule has 1 aromatic rings. The van der Waals surface area contributed by atoms with Crippen LogP contribution in [0.2, 0.25) is 0 Å². The molecule has 0 spiro atoms. The number of carbonyl (C=O) groups is 1. The molecule has 0 saturated carbocycles. The van der Waals surface area contributed by atoms with Gasteiger partial charge in [-0.2, -0.15) is 0 Å². The van der Waals surface area contributed by atoms with Crippen LogP contribution in [0, 0.1) is 0 Å². The fraction of sp³-hybridized carbons (Fsp3) is 0.462. The number of ether oxygens (including phenoxy) is 1. The Morgan fingerprint density at radius 2 is 2.24 bits per heavy atom. The molecule has 1 aliphatic heterocycles. The summed E-state index contributed by atoms with van der Waals surface area (Å²) in [5, 5.41) is 2.99. The van der Waals surface area contributed by atoms with Crippen molar-refractivity contribution in [2.45, 2.75) is 25.3 Å². The number of nitrogens with one attached hydrogen (secondary N) is 1. The van der Waals surface area contributed by atoms with E-state index in [1.54, 1.807) is 0 Å². The molecule has 1 amide bonds. The number of unbranched alkanes of at least 4 members (excludes halogenated alkanes) is 1. The van der Waals surface area contributed by atoms with Crippen molar-refractivity contribution < 1.29 is 9.53 Å². The van der Waals surface area contributed by atoms with Crippen LogP contribution in [0.4, 0.5) is 0 Å². The Morgan fingerprint density at radius 3 is 3.06 bits per heavy atom. The molecule has 0 saturated heterocycles. The van der Waals surface area contributed by atoms with Crippen molar-refractivity contribution in [3.05, 3.63) is 29.8 Å². The summed E-state index contributed by atoms with van der Waals surface area (Å²) < 4.78 is 5.50. The van der Waals surface area contributed by atoms with Gasteiger partial charge in [-0.15, -0.1) is 0 Å². The third kappa shape index (κ3) is 2.97. The maximum Gasteiger partial charge on any atom is 0.220 e. The topological polar surface area (TPSA) is 64.4 Å². The van der Waals surface area contributed by atoms with Gasteiger partial charge in [-0.05, 0) is 25.5 Å². The minimum Gasteiger partial charge on any atom is -0.491 e. The average Bonchev–Trinajstić information content (AvgIpc) is 2.73. The average molecular weight is 234 g/mol. The predicted octanol–water partition coefficient (Wildman–Crippen LogP) is 1.37. The number of nitrogens with two attached hydrogens (primary N) is 1. The molecule has 1 unspecified atom stereocenters. The number of para-hydroxylation sites is 1. The molecule has 17 heavy (non-hydrogen) atoms. The molecule has 2 rings (SSSR count). The van der Waals surface area contributed by atoms with Gasteiger partial charge in [-0.25, -0.2) is 0 Å². The van der Waals surface area contributed by atoms with Crippen molar-refractivity contribution in [1.82, 2.24) is 5.32 Å². The van der Waals surface area contributed by atoms with Crippen LogP contribution < -0.4 is 15.8 Å². The van der Waals surface area contributed by atoms with Gasteiger partial charge >= 0.3 is 0 Å². The van der Waals surface area contributed by atoms with E-state index in [2.05, 4.69) is 5.32 Å². The smallest absolute Gasteiger partial charge is 0.220 e. The Balaban J connectivity index is 1.87. The second-order valence-electron chi connectivity index (χ2n) is 4.21. The first-order chi connectivity index (χ1) is 8.31. The van der Waals surface area contributed by atoms with Gasteiger partial charge < -0.3 is 15.8 Å². The fourth-order valence-electron chi connectivity index (χ4n) is 1.98. The van der Waals surface area contributed by atoms with Crippen molar-refractivity contribution in [3.63, 3.8) is 0 Å². The van der Waals surface area contributed by atoms with Crippen LogP contribution in [0.5, 0.6) is 5.75 Å². The highest BCUT2D eigenvalue weighted by Crippen LogP contribution is 2.31. The zero-order chi connectivity index (χ0) is 12.1. The third-order valence-electron chi connectivity index (χ3n) is 2.89. The van der Waals surface area contributed by atoms with Gasteiger partial charge in [0, 0.05) is 12.0 Å². The zero-order valence-corrected chi connectivity index (χ0v) is 9.82. The van der Waals surface area contributed by atoms with Crippen LogP contribution in [0.3, 0.4) is 0 Å². The number of fused-ring (bicyclic) bond motifs is 1. The molecular formula is C13H18N2O2. The van der Waals surface area contributed by atoms with Crippen LogP contribution in [0.1, 0.15) is 30.9 Å². The van der Waals surface area contributed by atoms with Crippen molar-refractivity contribution in [2.75, 3.05) is 13.2 Å². The normalized spacial score (nSPS) is 17.4. The molecule has 1 heterocycles. The Labute approximate surface area is 101 Å². The maximum atomic E-state index is 11.7. The molecular weight excluding hydrogens is 216 g/mol. The number of benzene rings is 1. The first kappa shape index (κ1) is 11.9. The summed E-state index contributed by atoms with van der Waals surface area (Å²) in [6.45, 7) is 1.17. The fourth-order valence-corrected chi connectivity index (χ4v) is 1.98. The number of carbonyl (C=O) groups excluding carboxylic acids is 1. The number of hydrogen-bond acceptors (Lipinski definition) is 3. The van der Waals surface area contributed by atoms with Gasteiger partial charge in [-0.1, -0.05) is 18.2 Å². The first-order valence-electron chi connectivity index (χ1n) is 6.02. The molecule has 4 nitrogen and oxygen atoms in total. The lowest BCUT2D eigenvalue weighted by Gasteiger charge is -2.11. The van der Waals surface area contributed by atoms with E-state index in [0.29, 0.717) is 19.6 Å². The summed E-state index contributed by atoms with van der Waals surface area (Å²) in [6, 6.07) is 7.81. The molecule has 1 atom stereocenters. The maximum absolute atomic E-state index is 11.7. The highest BCUT2D eigenvalue weighted by atomic mass is 16.5. The Hall–Kier alpha value is -1.55. The highest BCUT2D eigenvalue weighted by molar-refractivity contribution is 5.76. The van der Waals surface area contributed by atoms with Crippen molar-refractivity contribution in [2.24, 2.45) is 5.73 Å². The summed E-state index contributed by atoms with van der Waals surface area (Å²) >= 11 is 0. The van der Waals surface area contributed by atoms with Crippen LogP contribution in [0.15, 0.2) is 24.3 Å². The lowest BCUT2D eigenvalue weighted by molar-refractivity contribution is -0.122. The molecule has 0 bridgehead atoms. The standard InChI is InChI=1S/C13H18N2O2/c14-8-4-3-7-13(16)15-11-9-17-12-6-2-1-5-10(11)12/h1-2,5-6,11H,3-4,7-9,14H2,(H,15,16). The Kier molecular flexibility index (Phi) is 3.98. The summed E-state index contributed by atoms with van der Waals surface area (Å²) in [4.78, 5) is 11.7. The van der Waals surface area contributed by atoms with E-state index in [1.807, 2.05) is 24.3 Å². The Bertz CT molecular complexity index is 393. The molecule has 3 N–H and O–H groups in total. The van der Waals surface area contributed by atoms with Gasteiger partial charge in [0.25, 0.3) is 0 Å². The van der Waals surface area contributed by atoms with Crippen LogP contribution in [-0.4, -0.2) is 19.1 Å². The van der Waals surface area contributed by atoms with E-state index in [1.165, 1.54) is 0 Å². The van der Waals surface area contributed by atoms with Gasteiger partial charge in [0.1, 0.15) is 12.4 Å². The molecule has 0 aromatic heterocycles. The second kappa shape index (κ2) is 5.68. The predicted molar refractivity (Wildman–Crippen MR) is 65.7 cm³/mol. The molecule has 0 radical (unpaired) electrons. The minimum atomic E-state index is -0.00317. The third-order valence-corrected chi connectivity index (χ3v) is 2.89. The zero-order valence-electron chi connectivity index (χ0n) is 9.82. The molecule has 4 heteroatoms. The quantitative estimate of drug-likeness (QED) is 0.756. The van der Waals surface area contributed by atoms with Crippen molar-refractivity contribution >= 4 is 5.91 Å². The van der Waals surface area contributed by atoms with Crippen LogP contribution in [-0.2, 0) is 4.79 Å². The lowest BCUT2D eigenvalue weighted by atomic mass is 10.1. The first-order valence-corrected chi connectivity index (χ1v) is 6.02. The minimum absolute atomic E-state index is 0.00317. The summed E-state index contributed by atoms with van der Waals surface area (Å²) in [7, 11) is 0. The molecule has 92 valence electrons. The molecule has 1 aliphatic rings. The van der Waals surface area contributed by atoms with Gasteiger partial charge in [0.05, 0.1) is 6.04 Å². The van der Waals surface area contributed by atoms with Crippen molar-refractivity contribution in [1.29, 1.82) is 0 Å². The highest BCUT2D eigenvalue weighted by Gasteiger charge is 2.24. The van der Waals surface area contributed by atoms with E-state index in [0.717, 1.165) is 24.2 Å². The summed E-state index contributed by atoms with van der Waals surface area (Å²) in [5.41, 5.74) is 6.46. The van der Waals surface area contributed by atoms with E-state index < -0.39 is 0 Å².